The number of fused-ring (bicyclic) bond motifs is 3. The van der Waals surface area contributed by atoms with E-state index in [0.29, 0.717) is 35.4 Å². The number of halogens is 1. The highest BCUT2D eigenvalue weighted by molar-refractivity contribution is 5.88. The van der Waals surface area contributed by atoms with Gasteiger partial charge in [-0.2, -0.15) is 0 Å². The summed E-state index contributed by atoms with van der Waals surface area (Å²) in [7, 11) is 0. The van der Waals surface area contributed by atoms with E-state index < -0.39 is 0 Å². The highest BCUT2D eigenvalue weighted by Crippen LogP contribution is 2.37. The van der Waals surface area contributed by atoms with Gasteiger partial charge < -0.3 is 9.52 Å². The van der Waals surface area contributed by atoms with Crippen molar-refractivity contribution in [1.29, 1.82) is 0 Å². The minimum absolute atomic E-state index is 0.180. The summed E-state index contributed by atoms with van der Waals surface area (Å²) >= 11 is 0. The molecule has 5 rings (SSSR count). The van der Waals surface area contributed by atoms with Gasteiger partial charge in [0.2, 0.25) is 0 Å². The van der Waals surface area contributed by atoms with Gasteiger partial charge in [0.1, 0.15) is 17.1 Å². The van der Waals surface area contributed by atoms with Crippen molar-refractivity contribution in [3.8, 4) is 5.75 Å². The van der Waals surface area contributed by atoms with Crippen LogP contribution in [0.3, 0.4) is 0 Å². The first-order valence-electron chi connectivity index (χ1n) is 13.2. The summed E-state index contributed by atoms with van der Waals surface area (Å²) in [6.07, 6.45) is 3.51. The first kappa shape index (κ1) is 25.2. The standard InChI is InChI=1S/C32H34FNO3/c1-21(7-6-10-23-11-13-26(33)14-12-23)22(2)25-17-29(35)31-28-20-34(19-24-8-4-3-5-9-24)16-15-27(28)32(36)37-30(31)18-25/h3-5,8-9,11-14,17-18,21-22,35H,6-7,10,15-16,19-20H2,1-2H3. The average Bonchev–Trinajstić information content (AvgIpc) is 2.89. The van der Waals surface area contributed by atoms with Crippen molar-refractivity contribution in [2.45, 2.75) is 58.5 Å². The van der Waals surface area contributed by atoms with E-state index >= 15 is 0 Å². The molecule has 1 N–H and O–H groups in total. The van der Waals surface area contributed by atoms with Crippen LogP contribution in [0.2, 0.25) is 0 Å². The predicted molar refractivity (Wildman–Crippen MR) is 145 cm³/mol. The SMILES string of the molecule is CC(CCCc1ccc(F)cc1)C(C)c1cc(O)c2c3c(c(=O)oc2c1)CCN(Cc1ccccc1)C3. The molecule has 1 aliphatic heterocycles. The lowest BCUT2D eigenvalue weighted by Crippen LogP contribution is -2.33. The zero-order valence-corrected chi connectivity index (χ0v) is 21.5. The zero-order chi connectivity index (χ0) is 25.9. The molecular weight excluding hydrogens is 465 g/mol. The summed E-state index contributed by atoms with van der Waals surface area (Å²) in [5, 5.41) is 11.8. The van der Waals surface area contributed by atoms with Gasteiger partial charge in [-0.05, 0) is 84.0 Å². The fraction of sp³-hybridized carbons (Fsp3) is 0.344. The molecule has 3 aromatic carbocycles. The Morgan fingerprint density at radius 1 is 1.00 bits per heavy atom. The molecule has 1 aromatic heterocycles. The summed E-state index contributed by atoms with van der Waals surface area (Å²) < 4.78 is 18.9. The second-order valence-corrected chi connectivity index (χ2v) is 10.5. The zero-order valence-electron chi connectivity index (χ0n) is 21.5. The first-order valence-corrected chi connectivity index (χ1v) is 13.2. The van der Waals surface area contributed by atoms with Crippen LogP contribution in [-0.4, -0.2) is 16.6 Å². The number of phenolic OH excluding ortho intramolecular Hbond substituents is 1. The largest absolute Gasteiger partial charge is 0.507 e. The summed E-state index contributed by atoms with van der Waals surface area (Å²) in [6.45, 7) is 6.55. The maximum absolute atomic E-state index is 13.2. The van der Waals surface area contributed by atoms with Crippen LogP contribution in [0.15, 0.2) is 75.9 Å². The van der Waals surface area contributed by atoms with Gasteiger partial charge in [0.15, 0.2) is 0 Å². The van der Waals surface area contributed by atoms with Crippen molar-refractivity contribution in [2.75, 3.05) is 6.54 Å². The molecule has 0 radical (unpaired) electrons. The number of phenols is 1. The van der Waals surface area contributed by atoms with E-state index in [2.05, 4.69) is 30.9 Å². The van der Waals surface area contributed by atoms with Gasteiger partial charge in [0.05, 0.1) is 5.39 Å². The molecule has 37 heavy (non-hydrogen) atoms. The quantitative estimate of drug-likeness (QED) is 0.266. The van der Waals surface area contributed by atoms with E-state index in [1.165, 1.54) is 17.7 Å². The Balaban J connectivity index is 1.34. The van der Waals surface area contributed by atoms with Gasteiger partial charge >= 0.3 is 5.63 Å². The third kappa shape index (κ3) is 5.62. The van der Waals surface area contributed by atoms with Gasteiger partial charge in [-0.25, -0.2) is 9.18 Å². The minimum Gasteiger partial charge on any atom is -0.507 e. The van der Waals surface area contributed by atoms with Crippen molar-refractivity contribution in [3.05, 3.63) is 111 Å². The van der Waals surface area contributed by atoms with Crippen LogP contribution in [0, 0.1) is 11.7 Å². The van der Waals surface area contributed by atoms with E-state index in [1.54, 1.807) is 0 Å². The third-order valence-electron chi connectivity index (χ3n) is 7.95. The van der Waals surface area contributed by atoms with E-state index in [-0.39, 0.29) is 23.1 Å². The molecule has 0 saturated heterocycles. The summed E-state index contributed by atoms with van der Waals surface area (Å²) in [6, 6.07) is 20.8. The Hall–Kier alpha value is -3.44. The molecule has 5 heteroatoms. The number of benzene rings is 3. The molecule has 192 valence electrons. The Kier molecular flexibility index (Phi) is 7.43. The lowest BCUT2D eigenvalue weighted by atomic mass is 9.84. The maximum atomic E-state index is 13.2. The third-order valence-corrected chi connectivity index (χ3v) is 7.95. The van der Waals surface area contributed by atoms with Crippen molar-refractivity contribution in [2.24, 2.45) is 5.92 Å². The summed E-state index contributed by atoms with van der Waals surface area (Å²) in [5.74, 6) is 0.514. The number of aromatic hydroxyl groups is 1. The van der Waals surface area contributed by atoms with Crippen LogP contribution in [-0.2, 0) is 25.9 Å². The van der Waals surface area contributed by atoms with Crippen LogP contribution in [0.25, 0.3) is 11.0 Å². The monoisotopic (exact) mass is 499 g/mol. The Labute approximate surface area is 217 Å². The topological polar surface area (TPSA) is 53.7 Å². The van der Waals surface area contributed by atoms with E-state index in [0.717, 1.165) is 49.0 Å². The lowest BCUT2D eigenvalue weighted by molar-refractivity contribution is 0.243. The average molecular weight is 500 g/mol. The molecule has 2 unspecified atom stereocenters. The molecule has 0 aliphatic carbocycles. The van der Waals surface area contributed by atoms with E-state index in [1.807, 2.05) is 42.5 Å². The number of aryl methyl sites for hydroxylation is 1. The molecule has 0 bridgehead atoms. The molecule has 1 aliphatic rings. The van der Waals surface area contributed by atoms with Crippen LogP contribution in [0.4, 0.5) is 4.39 Å². The van der Waals surface area contributed by atoms with Crippen LogP contribution in [0.1, 0.15) is 60.4 Å². The van der Waals surface area contributed by atoms with Crippen LogP contribution >= 0.6 is 0 Å². The number of hydrogen-bond donors (Lipinski definition) is 1. The van der Waals surface area contributed by atoms with Gasteiger partial charge in [-0.3, -0.25) is 4.90 Å². The Morgan fingerprint density at radius 2 is 1.76 bits per heavy atom. The molecule has 0 saturated carbocycles. The fourth-order valence-corrected chi connectivity index (χ4v) is 5.54. The van der Waals surface area contributed by atoms with Gasteiger partial charge in [-0.1, -0.05) is 56.3 Å². The van der Waals surface area contributed by atoms with Crippen molar-refractivity contribution in [3.63, 3.8) is 0 Å². The highest BCUT2D eigenvalue weighted by Gasteiger charge is 2.26. The smallest absolute Gasteiger partial charge is 0.339 e. The molecule has 0 amide bonds. The molecule has 2 heterocycles. The predicted octanol–water partition coefficient (Wildman–Crippen LogP) is 6.96. The maximum Gasteiger partial charge on any atom is 0.339 e. The number of hydrogen-bond acceptors (Lipinski definition) is 4. The van der Waals surface area contributed by atoms with Crippen molar-refractivity contribution < 1.29 is 13.9 Å². The van der Waals surface area contributed by atoms with Crippen molar-refractivity contribution in [1.82, 2.24) is 4.90 Å². The summed E-state index contributed by atoms with van der Waals surface area (Å²) in [5.41, 5.74) is 5.08. The van der Waals surface area contributed by atoms with Crippen LogP contribution < -0.4 is 5.63 Å². The second-order valence-electron chi connectivity index (χ2n) is 10.5. The number of rotatable bonds is 8. The fourth-order valence-electron chi connectivity index (χ4n) is 5.54. The molecule has 2 atom stereocenters. The molecule has 0 spiro atoms. The van der Waals surface area contributed by atoms with Gasteiger partial charge in [0.25, 0.3) is 0 Å². The molecule has 4 nitrogen and oxygen atoms in total. The molecule has 0 fully saturated rings. The minimum atomic E-state index is -0.293. The highest BCUT2D eigenvalue weighted by atomic mass is 19.1. The van der Waals surface area contributed by atoms with Gasteiger partial charge in [0, 0.05) is 25.2 Å². The molecular formula is C32H34FNO3. The van der Waals surface area contributed by atoms with E-state index in [4.69, 9.17) is 4.42 Å². The second kappa shape index (κ2) is 10.9. The van der Waals surface area contributed by atoms with Crippen molar-refractivity contribution >= 4 is 11.0 Å². The lowest BCUT2D eigenvalue weighted by Gasteiger charge is -2.29. The molecule has 4 aromatic rings. The van der Waals surface area contributed by atoms with Crippen LogP contribution in [0.5, 0.6) is 5.75 Å². The normalized spacial score (nSPS) is 15.4. The Morgan fingerprint density at radius 3 is 2.51 bits per heavy atom. The van der Waals surface area contributed by atoms with E-state index in [9.17, 15) is 14.3 Å². The Bertz CT molecular complexity index is 1430. The van der Waals surface area contributed by atoms with Gasteiger partial charge in [-0.15, -0.1) is 0 Å². The number of nitrogens with zero attached hydrogens (tertiary/aromatic N) is 1. The first-order chi connectivity index (χ1) is 17.9. The summed E-state index contributed by atoms with van der Waals surface area (Å²) in [4.78, 5) is 15.2.